The van der Waals surface area contributed by atoms with Crippen LogP contribution in [0.25, 0.3) is 0 Å². The molecule has 0 unspecified atom stereocenters. The Labute approximate surface area is 114 Å². The quantitative estimate of drug-likeness (QED) is 0.671. The van der Waals surface area contributed by atoms with Gasteiger partial charge in [-0.2, -0.15) is 4.98 Å². The van der Waals surface area contributed by atoms with E-state index in [4.69, 9.17) is 4.74 Å². The Hall–Kier alpha value is -2.70. The molecule has 0 bridgehead atoms. The van der Waals surface area contributed by atoms with Crippen molar-refractivity contribution < 1.29 is 14.1 Å². The van der Waals surface area contributed by atoms with Gasteiger partial charge in [0, 0.05) is 12.6 Å². The molecule has 7 heteroatoms. The molecule has 0 aliphatic carbocycles. The van der Waals surface area contributed by atoms with Gasteiger partial charge >= 0.3 is 0 Å². The molecule has 0 atom stereocenters. The molecule has 0 saturated heterocycles. The van der Waals surface area contributed by atoms with E-state index in [0.29, 0.717) is 11.4 Å². The summed E-state index contributed by atoms with van der Waals surface area (Å²) in [6, 6.07) is 8.63. The summed E-state index contributed by atoms with van der Waals surface area (Å²) in [6.07, 6.45) is 0. The summed E-state index contributed by atoms with van der Waals surface area (Å²) in [4.78, 5) is 14.3. The van der Waals surface area contributed by atoms with Gasteiger partial charge in [0.2, 0.25) is 5.88 Å². The Morgan fingerprint density at radius 2 is 2.15 bits per heavy atom. The van der Waals surface area contributed by atoms with E-state index in [1.54, 1.807) is 25.2 Å². The highest BCUT2D eigenvalue weighted by atomic mass is 19.1. The SMILES string of the molecule is CNc1cc([N+](=O)[O-])cc(OCc2ccccc2F)n1. The highest BCUT2D eigenvalue weighted by Crippen LogP contribution is 2.22. The van der Waals surface area contributed by atoms with Crippen LogP contribution in [0.3, 0.4) is 0 Å². The molecule has 0 amide bonds. The van der Waals surface area contributed by atoms with Crippen molar-refractivity contribution in [2.24, 2.45) is 0 Å². The van der Waals surface area contributed by atoms with Crippen LogP contribution < -0.4 is 10.1 Å². The molecule has 6 nitrogen and oxygen atoms in total. The molecule has 0 aliphatic rings. The lowest BCUT2D eigenvalue weighted by Crippen LogP contribution is -2.02. The lowest BCUT2D eigenvalue weighted by Gasteiger charge is -2.07. The summed E-state index contributed by atoms with van der Waals surface area (Å²) >= 11 is 0. The molecule has 0 aliphatic heterocycles. The standard InChI is InChI=1S/C13H12FN3O3/c1-15-12-6-10(17(18)19)7-13(16-12)20-8-9-4-2-3-5-11(9)14/h2-7H,8H2,1H3,(H,15,16). The number of nitrogens with one attached hydrogen (secondary N) is 1. The Bertz CT molecular complexity index is 634. The Balaban J connectivity index is 2.19. The van der Waals surface area contributed by atoms with Crippen molar-refractivity contribution >= 4 is 11.5 Å². The molecule has 20 heavy (non-hydrogen) atoms. The lowest BCUT2D eigenvalue weighted by molar-refractivity contribution is -0.384. The fraction of sp³-hybridized carbons (Fsp3) is 0.154. The average molecular weight is 277 g/mol. The molecule has 1 N–H and O–H groups in total. The van der Waals surface area contributed by atoms with Gasteiger partial charge in [0.15, 0.2) is 0 Å². The zero-order valence-corrected chi connectivity index (χ0v) is 10.7. The van der Waals surface area contributed by atoms with Crippen molar-refractivity contribution in [3.63, 3.8) is 0 Å². The van der Waals surface area contributed by atoms with Crippen molar-refractivity contribution in [1.82, 2.24) is 4.98 Å². The normalized spacial score (nSPS) is 10.1. The Morgan fingerprint density at radius 3 is 2.80 bits per heavy atom. The molecule has 0 saturated carbocycles. The van der Waals surface area contributed by atoms with Gasteiger partial charge in [0.05, 0.1) is 17.1 Å². The second-order valence-corrected chi connectivity index (χ2v) is 3.94. The first-order valence-corrected chi connectivity index (χ1v) is 5.80. The molecule has 2 rings (SSSR count). The van der Waals surface area contributed by atoms with Crippen molar-refractivity contribution in [3.05, 3.63) is 57.9 Å². The molecule has 1 heterocycles. The molecule has 0 spiro atoms. The second kappa shape index (κ2) is 5.96. The van der Waals surface area contributed by atoms with Gasteiger partial charge in [-0.05, 0) is 6.07 Å². The maximum absolute atomic E-state index is 13.4. The van der Waals surface area contributed by atoms with E-state index in [0.717, 1.165) is 0 Å². The molecular weight excluding hydrogens is 265 g/mol. The van der Waals surface area contributed by atoms with Gasteiger partial charge in [-0.15, -0.1) is 0 Å². The first-order chi connectivity index (χ1) is 9.60. The number of pyridine rings is 1. The maximum atomic E-state index is 13.4. The predicted octanol–water partition coefficient (Wildman–Crippen LogP) is 2.75. The fourth-order valence-electron chi connectivity index (χ4n) is 1.57. The summed E-state index contributed by atoms with van der Waals surface area (Å²) in [5.74, 6) is -0.0266. The molecule has 1 aromatic carbocycles. The summed E-state index contributed by atoms with van der Waals surface area (Å²) in [6.45, 7) is -0.0516. The van der Waals surface area contributed by atoms with E-state index < -0.39 is 10.7 Å². The first-order valence-electron chi connectivity index (χ1n) is 5.80. The number of halogens is 1. The third-order valence-electron chi connectivity index (χ3n) is 2.59. The minimum absolute atomic E-state index is 0.0516. The van der Waals surface area contributed by atoms with E-state index >= 15 is 0 Å². The minimum Gasteiger partial charge on any atom is -0.472 e. The number of rotatable bonds is 5. The van der Waals surface area contributed by atoms with Gasteiger partial charge in [0.25, 0.3) is 5.69 Å². The number of benzene rings is 1. The Kier molecular flexibility index (Phi) is 4.09. The van der Waals surface area contributed by atoms with Crippen LogP contribution in [-0.2, 0) is 6.61 Å². The van der Waals surface area contributed by atoms with Crippen molar-refractivity contribution in [1.29, 1.82) is 0 Å². The minimum atomic E-state index is -0.543. The van der Waals surface area contributed by atoms with E-state index in [1.165, 1.54) is 18.2 Å². The third kappa shape index (κ3) is 3.19. The largest absolute Gasteiger partial charge is 0.472 e. The smallest absolute Gasteiger partial charge is 0.278 e. The van der Waals surface area contributed by atoms with E-state index in [9.17, 15) is 14.5 Å². The van der Waals surface area contributed by atoms with Crippen molar-refractivity contribution in [3.8, 4) is 5.88 Å². The van der Waals surface area contributed by atoms with Gasteiger partial charge in [-0.3, -0.25) is 10.1 Å². The molecule has 0 fully saturated rings. The highest BCUT2D eigenvalue weighted by molar-refractivity contribution is 5.47. The van der Waals surface area contributed by atoms with Crippen LogP contribution in [0.5, 0.6) is 5.88 Å². The number of ether oxygens (including phenoxy) is 1. The predicted molar refractivity (Wildman–Crippen MR) is 71.2 cm³/mol. The number of aromatic nitrogens is 1. The monoisotopic (exact) mass is 277 g/mol. The van der Waals surface area contributed by atoms with Crippen LogP contribution in [0, 0.1) is 15.9 Å². The molecule has 2 aromatic rings. The van der Waals surface area contributed by atoms with Crippen LogP contribution in [0.2, 0.25) is 0 Å². The summed E-state index contributed by atoms with van der Waals surface area (Å²) in [5.41, 5.74) is 0.208. The summed E-state index contributed by atoms with van der Waals surface area (Å²) < 4.78 is 18.7. The first kappa shape index (κ1) is 13.7. The number of anilines is 1. The Morgan fingerprint density at radius 1 is 1.40 bits per heavy atom. The number of nitrogens with zero attached hydrogens (tertiary/aromatic N) is 2. The summed E-state index contributed by atoms with van der Waals surface area (Å²) in [7, 11) is 1.59. The topological polar surface area (TPSA) is 77.3 Å². The zero-order valence-electron chi connectivity index (χ0n) is 10.7. The van der Waals surface area contributed by atoms with Crippen LogP contribution in [0.4, 0.5) is 15.9 Å². The molecule has 1 aromatic heterocycles. The van der Waals surface area contributed by atoms with E-state index in [-0.39, 0.29) is 18.2 Å². The van der Waals surface area contributed by atoms with Gasteiger partial charge < -0.3 is 10.1 Å². The van der Waals surface area contributed by atoms with Crippen LogP contribution in [0.1, 0.15) is 5.56 Å². The van der Waals surface area contributed by atoms with Crippen LogP contribution in [-0.4, -0.2) is 17.0 Å². The lowest BCUT2D eigenvalue weighted by atomic mass is 10.2. The molecule has 0 radical (unpaired) electrons. The van der Waals surface area contributed by atoms with Crippen LogP contribution in [0.15, 0.2) is 36.4 Å². The van der Waals surface area contributed by atoms with E-state index in [1.807, 2.05) is 0 Å². The number of nitro groups is 1. The second-order valence-electron chi connectivity index (χ2n) is 3.94. The van der Waals surface area contributed by atoms with Gasteiger partial charge in [0.1, 0.15) is 18.2 Å². The van der Waals surface area contributed by atoms with E-state index in [2.05, 4.69) is 10.3 Å². The fourth-order valence-corrected chi connectivity index (χ4v) is 1.57. The maximum Gasteiger partial charge on any atom is 0.278 e. The van der Waals surface area contributed by atoms with Gasteiger partial charge in [-0.1, -0.05) is 18.2 Å². The number of hydrogen-bond donors (Lipinski definition) is 1. The molecule has 104 valence electrons. The highest BCUT2D eigenvalue weighted by Gasteiger charge is 2.12. The third-order valence-corrected chi connectivity index (χ3v) is 2.59. The number of hydrogen-bond acceptors (Lipinski definition) is 5. The van der Waals surface area contributed by atoms with Crippen LogP contribution >= 0.6 is 0 Å². The zero-order chi connectivity index (χ0) is 14.5. The van der Waals surface area contributed by atoms with Crippen molar-refractivity contribution in [2.45, 2.75) is 6.61 Å². The molecular formula is C13H12FN3O3. The van der Waals surface area contributed by atoms with Crippen molar-refractivity contribution in [2.75, 3.05) is 12.4 Å². The summed E-state index contributed by atoms with van der Waals surface area (Å²) in [5, 5.41) is 13.5. The van der Waals surface area contributed by atoms with Gasteiger partial charge in [-0.25, -0.2) is 4.39 Å². The average Bonchev–Trinajstić information content (AvgIpc) is 2.46.